The van der Waals surface area contributed by atoms with Crippen LogP contribution in [-0.4, -0.2) is 9.55 Å². The van der Waals surface area contributed by atoms with Crippen molar-refractivity contribution in [1.29, 1.82) is 0 Å². The largest absolute Gasteiger partial charge is 0.369 e. The molecule has 0 radical (unpaired) electrons. The maximum atomic E-state index is 13.9. The van der Waals surface area contributed by atoms with Crippen LogP contribution in [0.2, 0.25) is 0 Å². The van der Waals surface area contributed by atoms with Crippen LogP contribution in [0.4, 0.5) is 10.3 Å². The molecule has 0 saturated heterocycles. The Labute approximate surface area is 131 Å². The predicted octanol–water partition coefficient (Wildman–Crippen LogP) is 4.50. The van der Waals surface area contributed by atoms with Crippen LogP contribution in [0.15, 0.2) is 12.1 Å². The van der Waals surface area contributed by atoms with Gasteiger partial charge in [-0.15, -0.1) is 0 Å². The van der Waals surface area contributed by atoms with E-state index in [1.54, 1.807) is 12.1 Å². The molecule has 108 valence electrons. The van der Waals surface area contributed by atoms with Crippen LogP contribution in [0.3, 0.4) is 0 Å². The van der Waals surface area contributed by atoms with Crippen LogP contribution in [0.5, 0.6) is 0 Å². The van der Waals surface area contributed by atoms with Crippen molar-refractivity contribution >= 4 is 39.6 Å². The Balaban J connectivity index is 2.06. The first kappa shape index (κ1) is 14.1. The first-order valence-corrected chi connectivity index (χ1v) is 8.30. The summed E-state index contributed by atoms with van der Waals surface area (Å²) in [4.78, 5) is 4.41. The highest BCUT2D eigenvalue weighted by atomic mass is 127. The van der Waals surface area contributed by atoms with E-state index in [0.29, 0.717) is 15.6 Å². The third kappa shape index (κ3) is 2.40. The van der Waals surface area contributed by atoms with Gasteiger partial charge in [0.25, 0.3) is 0 Å². The molecule has 0 bridgehead atoms. The summed E-state index contributed by atoms with van der Waals surface area (Å²) in [5.74, 6) is 1.07. The van der Waals surface area contributed by atoms with Gasteiger partial charge in [0.05, 0.1) is 14.6 Å². The Kier molecular flexibility index (Phi) is 3.88. The molecule has 3 nitrogen and oxygen atoms in total. The van der Waals surface area contributed by atoms with Gasteiger partial charge in [-0.2, -0.15) is 0 Å². The molecule has 1 fully saturated rings. The molecule has 0 amide bonds. The standard InChI is InChI=1S/C15H19FIN3/c1-2-9-4-3-5-10(6-9)20-14-7-11(16)12(17)8-13(14)19-15(20)18/h7-10H,2-6H2,1H3,(H2,18,19). The highest BCUT2D eigenvalue weighted by Crippen LogP contribution is 2.37. The van der Waals surface area contributed by atoms with Crippen molar-refractivity contribution in [3.63, 3.8) is 0 Å². The molecule has 2 N–H and O–H groups in total. The van der Waals surface area contributed by atoms with Crippen molar-refractivity contribution in [2.24, 2.45) is 5.92 Å². The zero-order valence-electron chi connectivity index (χ0n) is 11.6. The van der Waals surface area contributed by atoms with Gasteiger partial charge < -0.3 is 10.3 Å². The van der Waals surface area contributed by atoms with E-state index in [9.17, 15) is 4.39 Å². The summed E-state index contributed by atoms with van der Waals surface area (Å²) in [5, 5.41) is 0. The van der Waals surface area contributed by atoms with Crippen LogP contribution >= 0.6 is 22.6 Å². The molecule has 1 aromatic carbocycles. The number of hydrogen-bond acceptors (Lipinski definition) is 2. The van der Waals surface area contributed by atoms with E-state index in [4.69, 9.17) is 5.73 Å². The molecule has 1 aliphatic carbocycles. The maximum absolute atomic E-state index is 13.9. The Hall–Kier alpha value is -0.850. The minimum absolute atomic E-state index is 0.192. The topological polar surface area (TPSA) is 43.8 Å². The zero-order chi connectivity index (χ0) is 14.3. The third-order valence-corrected chi connectivity index (χ3v) is 5.28. The number of fused-ring (bicyclic) bond motifs is 1. The van der Waals surface area contributed by atoms with E-state index in [1.807, 2.05) is 22.6 Å². The van der Waals surface area contributed by atoms with E-state index < -0.39 is 0 Å². The molecule has 1 aromatic heterocycles. The van der Waals surface area contributed by atoms with Crippen molar-refractivity contribution in [2.45, 2.75) is 45.1 Å². The SMILES string of the molecule is CCC1CCCC(n2c(N)nc3cc(I)c(F)cc32)C1. The van der Waals surface area contributed by atoms with Crippen LogP contribution < -0.4 is 5.73 Å². The highest BCUT2D eigenvalue weighted by molar-refractivity contribution is 14.1. The minimum Gasteiger partial charge on any atom is -0.369 e. The van der Waals surface area contributed by atoms with E-state index in [-0.39, 0.29) is 5.82 Å². The van der Waals surface area contributed by atoms with Gasteiger partial charge in [-0.05, 0) is 47.4 Å². The second-order valence-corrected chi connectivity index (χ2v) is 6.85. The summed E-state index contributed by atoms with van der Waals surface area (Å²) >= 11 is 1.99. The number of benzene rings is 1. The molecule has 5 heteroatoms. The van der Waals surface area contributed by atoms with Crippen LogP contribution in [-0.2, 0) is 0 Å². The fourth-order valence-corrected chi connectivity index (χ4v) is 3.81. The lowest BCUT2D eigenvalue weighted by molar-refractivity contribution is 0.267. The number of rotatable bonds is 2. The van der Waals surface area contributed by atoms with Crippen molar-refractivity contribution in [2.75, 3.05) is 5.73 Å². The van der Waals surface area contributed by atoms with Crippen molar-refractivity contribution in [3.05, 3.63) is 21.5 Å². The van der Waals surface area contributed by atoms with E-state index in [2.05, 4.69) is 16.5 Å². The predicted molar refractivity (Wildman–Crippen MR) is 88.1 cm³/mol. The summed E-state index contributed by atoms with van der Waals surface area (Å²) in [6.07, 6.45) is 5.95. The molecule has 0 aliphatic heterocycles. The molecular formula is C15H19FIN3. The van der Waals surface area contributed by atoms with Crippen molar-refractivity contribution < 1.29 is 4.39 Å². The Morgan fingerprint density at radius 2 is 2.25 bits per heavy atom. The quantitative estimate of drug-likeness (QED) is 0.771. The minimum atomic E-state index is -0.192. The van der Waals surface area contributed by atoms with Gasteiger partial charge in [-0.1, -0.05) is 26.2 Å². The normalized spacial score (nSPS) is 23.4. The molecule has 2 unspecified atom stereocenters. The number of hydrogen-bond donors (Lipinski definition) is 1. The second-order valence-electron chi connectivity index (χ2n) is 5.69. The first-order chi connectivity index (χ1) is 9.60. The monoisotopic (exact) mass is 387 g/mol. The maximum Gasteiger partial charge on any atom is 0.201 e. The molecule has 0 spiro atoms. The molecule has 1 heterocycles. The summed E-state index contributed by atoms with van der Waals surface area (Å²) in [6.45, 7) is 2.24. The lowest BCUT2D eigenvalue weighted by Crippen LogP contribution is -2.20. The van der Waals surface area contributed by atoms with Gasteiger partial charge in [0.2, 0.25) is 5.95 Å². The molecule has 3 rings (SSSR count). The van der Waals surface area contributed by atoms with Gasteiger partial charge in [0.15, 0.2) is 0 Å². The Morgan fingerprint density at radius 3 is 3.00 bits per heavy atom. The summed E-state index contributed by atoms with van der Waals surface area (Å²) < 4.78 is 16.5. The highest BCUT2D eigenvalue weighted by Gasteiger charge is 2.25. The number of aromatic nitrogens is 2. The van der Waals surface area contributed by atoms with Gasteiger partial charge in [0.1, 0.15) is 5.82 Å². The fraction of sp³-hybridized carbons (Fsp3) is 0.533. The van der Waals surface area contributed by atoms with Crippen LogP contribution in [0, 0.1) is 15.3 Å². The lowest BCUT2D eigenvalue weighted by atomic mass is 9.84. The third-order valence-electron chi connectivity index (χ3n) is 4.46. The Bertz CT molecular complexity index is 638. The number of imidazole rings is 1. The summed E-state index contributed by atoms with van der Waals surface area (Å²) in [5.41, 5.74) is 7.73. The van der Waals surface area contributed by atoms with Crippen LogP contribution in [0.25, 0.3) is 11.0 Å². The van der Waals surface area contributed by atoms with E-state index in [0.717, 1.165) is 29.8 Å². The number of nitrogens with two attached hydrogens (primary N) is 1. The van der Waals surface area contributed by atoms with Gasteiger partial charge in [-0.25, -0.2) is 9.37 Å². The second kappa shape index (κ2) is 5.50. The molecule has 1 saturated carbocycles. The smallest absolute Gasteiger partial charge is 0.201 e. The fourth-order valence-electron chi connectivity index (χ4n) is 3.36. The molecule has 2 aromatic rings. The average Bonchev–Trinajstić information content (AvgIpc) is 2.74. The average molecular weight is 387 g/mol. The first-order valence-electron chi connectivity index (χ1n) is 7.22. The molecule has 1 aliphatic rings. The zero-order valence-corrected chi connectivity index (χ0v) is 13.7. The molecular weight excluding hydrogens is 368 g/mol. The number of halogens is 2. The number of nitrogens with zero attached hydrogens (tertiary/aromatic N) is 2. The number of anilines is 1. The van der Waals surface area contributed by atoms with Crippen LogP contribution in [0.1, 0.15) is 45.1 Å². The van der Waals surface area contributed by atoms with E-state index in [1.165, 1.54) is 19.3 Å². The van der Waals surface area contributed by atoms with E-state index >= 15 is 0 Å². The van der Waals surface area contributed by atoms with Gasteiger partial charge in [0, 0.05) is 12.1 Å². The Morgan fingerprint density at radius 1 is 1.45 bits per heavy atom. The lowest BCUT2D eigenvalue weighted by Gasteiger charge is -2.30. The molecule has 2 atom stereocenters. The van der Waals surface area contributed by atoms with Crippen molar-refractivity contribution in [3.8, 4) is 0 Å². The van der Waals surface area contributed by atoms with Crippen molar-refractivity contribution in [1.82, 2.24) is 9.55 Å². The summed E-state index contributed by atoms with van der Waals surface area (Å²) in [7, 11) is 0. The van der Waals surface area contributed by atoms with Gasteiger partial charge >= 0.3 is 0 Å². The number of nitrogen functional groups attached to an aromatic ring is 1. The van der Waals surface area contributed by atoms with Gasteiger partial charge in [-0.3, -0.25) is 0 Å². The molecule has 20 heavy (non-hydrogen) atoms. The summed E-state index contributed by atoms with van der Waals surface area (Å²) in [6, 6.07) is 3.71.